The average Bonchev–Trinajstić information content (AvgIpc) is 3.11. The van der Waals surface area contributed by atoms with Gasteiger partial charge in [-0.3, -0.25) is 9.59 Å². The molecule has 5 nitrogen and oxygen atoms in total. The Morgan fingerprint density at radius 3 is 2.43 bits per heavy atom. The predicted octanol–water partition coefficient (Wildman–Crippen LogP) is 5.45. The van der Waals surface area contributed by atoms with E-state index in [-0.39, 0.29) is 22.9 Å². The molecule has 0 saturated carbocycles. The van der Waals surface area contributed by atoms with Crippen molar-refractivity contribution in [3.8, 4) is 0 Å². The monoisotopic (exact) mass is 451 g/mol. The third-order valence-corrected chi connectivity index (χ3v) is 5.92. The first-order valence-electron chi connectivity index (χ1n) is 8.64. The number of rotatable bonds is 6. The fourth-order valence-corrected chi connectivity index (χ4v) is 4.09. The van der Waals surface area contributed by atoms with Crippen LogP contribution >= 0.6 is 23.1 Å². The van der Waals surface area contributed by atoms with Gasteiger partial charge in [0, 0.05) is 28.0 Å². The zero-order chi connectivity index (χ0) is 21.7. The van der Waals surface area contributed by atoms with Crippen LogP contribution in [0.3, 0.4) is 0 Å². The van der Waals surface area contributed by atoms with Gasteiger partial charge >= 0.3 is 6.18 Å². The molecule has 0 spiro atoms. The highest BCUT2D eigenvalue weighted by Gasteiger charge is 2.30. The summed E-state index contributed by atoms with van der Waals surface area (Å²) in [5, 5.41) is 7.03. The maximum Gasteiger partial charge on any atom is 0.416 e. The van der Waals surface area contributed by atoms with E-state index in [1.54, 1.807) is 12.1 Å². The Balaban J connectivity index is 1.61. The molecule has 0 radical (unpaired) electrons. The molecule has 1 aromatic heterocycles. The molecule has 0 fully saturated rings. The predicted molar refractivity (Wildman–Crippen MR) is 112 cm³/mol. The molecule has 30 heavy (non-hydrogen) atoms. The van der Waals surface area contributed by atoms with Crippen molar-refractivity contribution in [3.05, 3.63) is 70.7 Å². The van der Waals surface area contributed by atoms with Crippen LogP contribution in [0.4, 0.5) is 24.5 Å². The fraction of sp³-hybridized carbons (Fsp3) is 0.150. The van der Waals surface area contributed by atoms with Crippen molar-refractivity contribution in [2.45, 2.75) is 17.4 Å². The number of alkyl halides is 3. The van der Waals surface area contributed by atoms with Gasteiger partial charge < -0.3 is 10.6 Å². The number of thioether (sulfide) groups is 1. The molecule has 3 aromatic rings. The summed E-state index contributed by atoms with van der Waals surface area (Å²) in [6, 6.07) is 10.5. The van der Waals surface area contributed by atoms with E-state index in [9.17, 15) is 22.8 Å². The number of hydrogen-bond acceptors (Lipinski definition) is 5. The molecule has 2 aromatic carbocycles. The van der Waals surface area contributed by atoms with E-state index >= 15 is 0 Å². The van der Waals surface area contributed by atoms with Gasteiger partial charge in [0.05, 0.1) is 11.3 Å². The van der Waals surface area contributed by atoms with E-state index in [4.69, 9.17) is 0 Å². The Labute approximate surface area is 178 Å². The Morgan fingerprint density at radius 2 is 1.77 bits per heavy atom. The lowest BCUT2D eigenvalue weighted by Crippen LogP contribution is -2.16. The van der Waals surface area contributed by atoms with Crippen LogP contribution in [0.2, 0.25) is 0 Å². The van der Waals surface area contributed by atoms with E-state index < -0.39 is 17.6 Å². The maximum atomic E-state index is 12.8. The molecule has 2 amide bonds. The Hall–Kier alpha value is -2.85. The van der Waals surface area contributed by atoms with E-state index in [0.29, 0.717) is 5.69 Å². The molecule has 3 rings (SSSR count). The first-order valence-corrected chi connectivity index (χ1v) is 10.5. The molecule has 2 N–H and O–H groups in total. The summed E-state index contributed by atoms with van der Waals surface area (Å²) in [5.41, 5.74) is 0.678. The number of thiazole rings is 1. The van der Waals surface area contributed by atoms with Crippen molar-refractivity contribution in [2.75, 3.05) is 16.4 Å². The first-order chi connectivity index (χ1) is 14.2. The Kier molecular flexibility index (Phi) is 6.78. The highest BCUT2D eigenvalue weighted by atomic mass is 32.2. The van der Waals surface area contributed by atoms with Crippen molar-refractivity contribution in [1.29, 1.82) is 0 Å². The zero-order valence-electron chi connectivity index (χ0n) is 15.6. The lowest BCUT2D eigenvalue weighted by molar-refractivity contribution is -0.137. The standard InChI is InChI=1S/C20H16F3N3O2S2/c1-12-10-29-19(24-12)30-11-17(27)25-15-6-2-4-13(8-15)18(28)26-16-7-3-5-14(9-16)20(21,22)23/h2-10H,11H2,1H3,(H,25,27)(H,26,28). The van der Waals surface area contributed by atoms with Crippen molar-refractivity contribution in [3.63, 3.8) is 0 Å². The van der Waals surface area contributed by atoms with Crippen LogP contribution in [-0.4, -0.2) is 22.6 Å². The van der Waals surface area contributed by atoms with Crippen LogP contribution in [0.1, 0.15) is 21.6 Å². The summed E-state index contributed by atoms with van der Waals surface area (Å²) < 4.78 is 39.2. The Morgan fingerprint density at radius 1 is 1.07 bits per heavy atom. The van der Waals surface area contributed by atoms with Gasteiger partial charge in [-0.15, -0.1) is 11.3 Å². The van der Waals surface area contributed by atoms with Gasteiger partial charge in [0.15, 0.2) is 4.34 Å². The summed E-state index contributed by atoms with van der Waals surface area (Å²) in [7, 11) is 0. The van der Waals surface area contributed by atoms with Gasteiger partial charge in [-0.2, -0.15) is 13.2 Å². The molecule has 0 atom stereocenters. The van der Waals surface area contributed by atoms with Crippen molar-refractivity contribution in [1.82, 2.24) is 4.98 Å². The van der Waals surface area contributed by atoms with Crippen molar-refractivity contribution < 1.29 is 22.8 Å². The summed E-state index contributed by atoms with van der Waals surface area (Å²) in [5.74, 6) is -0.686. The molecule has 10 heteroatoms. The maximum absolute atomic E-state index is 12.8. The minimum Gasteiger partial charge on any atom is -0.325 e. The largest absolute Gasteiger partial charge is 0.416 e. The summed E-state index contributed by atoms with van der Waals surface area (Å²) >= 11 is 2.76. The lowest BCUT2D eigenvalue weighted by atomic mass is 10.1. The van der Waals surface area contributed by atoms with Gasteiger partial charge in [-0.05, 0) is 43.3 Å². The number of amides is 2. The third kappa shape index (κ3) is 6.07. The van der Waals surface area contributed by atoms with Crippen LogP contribution in [0.15, 0.2) is 58.3 Å². The zero-order valence-corrected chi connectivity index (χ0v) is 17.3. The van der Waals surface area contributed by atoms with Gasteiger partial charge in [0.1, 0.15) is 0 Å². The number of nitrogens with one attached hydrogen (secondary N) is 2. The minimum atomic E-state index is -4.50. The van der Waals surface area contributed by atoms with Crippen molar-refractivity contribution >= 4 is 46.3 Å². The van der Waals surface area contributed by atoms with Crippen LogP contribution in [0, 0.1) is 6.92 Å². The second-order valence-corrected chi connectivity index (χ2v) is 8.29. The number of benzene rings is 2. The number of hydrogen-bond donors (Lipinski definition) is 2. The molecule has 0 unspecified atom stereocenters. The highest BCUT2D eigenvalue weighted by Crippen LogP contribution is 2.30. The SMILES string of the molecule is Cc1csc(SCC(=O)Nc2cccc(C(=O)Nc3cccc(C(F)(F)F)c3)c2)n1. The first kappa shape index (κ1) is 21.8. The number of aromatic nitrogens is 1. The minimum absolute atomic E-state index is 0.0272. The number of halogens is 3. The van der Waals surface area contributed by atoms with E-state index in [2.05, 4.69) is 15.6 Å². The van der Waals surface area contributed by atoms with Crippen LogP contribution in [0.5, 0.6) is 0 Å². The number of aryl methyl sites for hydroxylation is 1. The second kappa shape index (κ2) is 9.31. The van der Waals surface area contributed by atoms with E-state index in [1.165, 1.54) is 47.4 Å². The van der Waals surface area contributed by atoms with Crippen LogP contribution in [-0.2, 0) is 11.0 Å². The lowest BCUT2D eigenvalue weighted by Gasteiger charge is -2.11. The van der Waals surface area contributed by atoms with Gasteiger partial charge in [-0.25, -0.2) is 4.98 Å². The van der Waals surface area contributed by atoms with Crippen LogP contribution in [0.25, 0.3) is 0 Å². The molecule has 1 heterocycles. The van der Waals surface area contributed by atoms with Gasteiger partial charge in [-0.1, -0.05) is 23.9 Å². The van der Waals surface area contributed by atoms with Gasteiger partial charge in [0.2, 0.25) is 5.91 Å². The highest BCUT2D eigenvalue weighted by molar-refractivity contribution is 8.01. The Bertz CT molecular complexity index is 1070. The molecule has 0 bridgehead atoms. The fourth-order valence-electron chi connectivity index (χ4n) is 2.44. The smallest absolute Gasteiger partial charge is 0.325 e. The quantitative estimate of drug-likeness (QED) is 0.489. The normalized spacial score (nSPS) is 11.2. The topological polar surface area (TPSA) is 71.1 Å². The number of anilines is 2. The van der Waals surface area contributed by atoms with Crippen LogP contribution < -0.4 is 10.6 Å². The molecular weight excluding hydrogens is 435 g/mol. The summed E-state index contributed by atoms with van der Waals surface area (Å²) in [4.78, 5) is 28.8. The number of carbonyl (C=O) groups excluding carboxylic acids is 2. The molecule has 156 valence electrons. The summed E-state index contributed by atoms with van der Waals surface area (Å²) in [6.45, 7) is 1.87. The second-order valence-electron chi connectivity index (χ2n) is 6.21. The number of nitrogens with zero attached hydrogens (tertiary/aromatic N) is 1. The third-order valence-electron chi connectivity index (χ3n) is 3.78. The summed E-state index contributed by atoms with van der Waals surface area (Å²) in [6.07, 6.45) is -4.50. The molecular formula is C20H16F3N3O2S2. The van der Waals surface area contributed by atoms with Gasteiger partial charge in [0.25, 0.3) is 5.91 Å². The van der Waals surface area contributed by atoms with E-state index in [0.717, 1.165) is 22.2 Å². The molecule has 0 aliphatic carbocycles. The molecule has 0 aliphatic heterocycles. The average molecular weight is 451 g/mol. The molecule has 0 saturated heterocycles. The molecule has 0 aliphatic rings. The number of carbonyl (C=O) groups is 2. The van der Waals surface area contributed by atoms with Crippen molar-refractivity contribution in [2.24, 2.45) is 0 Å². The van der Waals surface area contributed by atoms with E-state index in [1.807, 2.05) is 12.3 Å².